The summed E-state index contributed by atoms with van der Waals surface area (Å²) in [5.74, 6) is -1.80. The van der Waals surface area contributed by atoms with E-state index < -0.39 is 11.9 Å². The summed E-state index contributed by atoms with van der Waals surface area (Å²) in [5.41, 5.74) is 3.24. The maximum Gasteiger partial charge on any atom is 0.355 e. The lowest BCUT2D eigenvalue weighted by Gasteiger charge is -2.25. The summed E-state index contributed by atoms with van der Waals surface area (Å²) >= 11 is 0. The molecule has 1 N–H and O–H groups in total. The predicted molar refractivity (Wildman–Crippen MR) is 122 cm³/mol. The minimum absolute atomic E-state index is 0.00862. The molecule has 3 rings (SSSR count). The monoisotopic (exact) mass is 432 g/mol. The van der Waals surface area contributed by atoms with Crippen molar-refractivity contribution in [1.82, 2.24) is 0 Å². The number of benzene rings is 2. The molecule has 2 aromatic carbocycles. The summed E-state index contributed by atoms with van der Waals surface area (Å²) in [5, 5.41) is 2.96. The number of anilines is 2. The average Bonchev–Trinajstić information content (AvgIpc) is 3.03. The largest absolute Gasteiger partial charge is 0.465 e. The number of carbonyl (C=O) groups is 3. The van der Waals surface area contributed by atoms with Crippen LogP contribution in [0.15, 0.2) is 78.2 Å². The molecule has 1 heterocycles. The van der Waals surface area contributed by atoms with Crippen LogP contribution in [-0.2, 0) is 19.1 Å². The Hall–Kier alpha value is -4.13. The molecule has 0 unspecified atom stereocenters. The van der Waals surface area contributed by atoms with Gasteiger partial charge in [-0.05, 0) is 49.3 Å². The maximum absolute atomic E-state index is 13.3. The normalized spacial score (nSPS) is 12.9. The van der Waals surface area contributed by atoms with Gasteiger partial charge in [-0.2, -0.15) is 0 Å². The fraction of sp³-hybridized carbons (Fsp3) is 0.160. The second kappa shape index (κ2) is 9.78. The highest BCUT2D eigenvalue weighted by Gasteiger charge is 2.29. The van der Waals surface area contributed by atoms with E-state index in [1.54, 1.807) is 42.6 Å². The van der Waals surface area contributed by atoms with Gasteiger partial charge in [0, 0.05) is 11.9 Å². The van der Waals surface area contributed by atoms with E-state index in [1.807, 2.05) is 32.0 Å². The summed E-state index contributed by atoms with van der Waals surface area (Å²) in [6.07, 6.45) is 6.31. The Morgan fingerprint density at radius 1 is 0.844 bits per heavy atom. The molecule has 0 fully saturated rings. The summed E-state index contributed by atoms with van der Waals surface area (Å²) < 4.78 is 9.78. The highest BCUT2D eigenvalue weighted by molar-refractivity contribution is 6.11. The molecular formula is C25H24N2O5. The van der Waals surface area contributed by atoms with Crippen LogP contribution >= 0.6 is 0 Å². The Balaban J connectivity index is 2.12. The standard InChI is InChI=1S/C25H24N2O5/c1-16-10-9-11-17(2)21(16)26-23(28)18-12-5-6-14-20(18)27-15-8-7-13-19(24(29)31-3)22(27)25(30)32-4/h5-15H,1-4H3,(H,26,28). The van der Waals surface area contributed by atoms with E-state index in [1.165, 1.54) is 25.2 Å². The Bertz CT molecular complexity index is 1140. The Morgan fingerprint density at radius 3 is 2.16 bits per heavy atom. The quantitative estimate of drug-likeness (QED) is 0.718. The molecule has 164 valence electrons. The van der Waals surface area contributed by atoms with Gasteiger partial charge in [-0.1, -0.05) is 36.4 Å². The molecule has 0 saturated carbocycles. The van der Waals surface area contributed by atoms with Gasteiger partial charge in [-0.25, -0.2) is 9.59 Å². The van der Waals surface area contributed by atoms with Crippen LogP contribution in [0.25, 0.3) is 0 Å². The van der Waals surface area contributed by atoms with Crippen molar-refractivity contribution in [2.45, 2.75) is 13.8 Å². The predicted octanol–water partition coefficient (Wildman–Crippen LogP) is 4.05. The summed E-state index contributed by atoms with van der Waals surface area (Å²) in [6.45, 7) is 3.83. The van der Waals surface area contributed by atoms with Gasteiger partial charge in [0.15, 0.2) is 0 Å². The lowest BCUT2D eigenvalue weighted by atomic mass is 10.1. The number of hydrogen-bond donors (Lipinski definition) is 1. The van der Waals surface area contributed by atoms with E-state index in [-0.39, 0.29) is 17.2 Å². The molecule has 1 aliphatic rings. The minimum atomic E-state index is -0.744. The van der Waals surface area contributed by atoms with E-state index in [4.69, 9.17) is 9.47 Å². The second-order valence-corrected chi connectivity index (χ2v) is 7.05. The number of nitrogens with zero attached hydrogens (tertiary/aromatic N) is 1. The van der Waals surface area contributed by atoms with Crippen molar-refractivity contribution in [3.8, 4) is 0 Å². The molecule has 7 heteroatoms. The third-order valence-corrected chi connectivity index (χ3v) is 5.02. The molecule has 1 aliphatic heterocycles. The third kappa shape index (κ3) is 4.46. The first-order chi connectivity index (χ1) is 15.4. The highest BCUT2D eigenvalue weighted by Crippen LogP contribution is 2.30. The van der Waals surface area contributed by atoms with Crippen molar-refractivity contribution in [3.63, 3.8) is 0 Å². The number of esters is 2. The van der Waals surface area contributed by atoms with Gasteiger partial charge >= 0.3 is 11.9 Å². The SMILES string of the molecule is COC(=O)C1=C(C(=O)OC)N(c2ccccc2C(=O)Nc2c(C)cccc2C)C=CC=C1. The van der Waals surface area contributed by atoms with Crippen LogP contribution in [0, 0.1) is 13.8 Å². The van der Waals surface area contributed by atoms with Crippen molar-refractivity contribution in [1.29, 1.82) is 0 Å². The van der Waals surface area contributed by atoms with Gasteiger partial charge in [0.2, 0.25) is 0 Å². The molecule has 0 radical (unpaired) electrons. The van der Waals surface area contributed by atoms with Crippen molar-refractivity contribution >= 4 is 29.2 Å². The number of carbonyl (C=O) groups excluding carboxylic acids is 3. The van der Waals surface area contributed by atoms with Crippen molar-refractivity contribution < 1.29 is 23.9 Å². The van der Waals surface area contributed by atoms with Crippen LogP contribution in [0.2, 0.25) is 0 Å². The smallest absolute Gasteiger partial charge is 0.355 e. The van der Waals surface area contributed by atoms with Gasteiger partial charge in [-0.15, -0.1) is 0 Å². The summed E-state index contributed by atoms with van der Waals surface area (Å²) in [7, 11) is 2.45. The maximum atomic E-state index is 13.3. The van der Waals surface area contributed by atoms with Crippen LogP contribution in [0.5, 0.6) is 0 Å². The molecule has 0 saturated heterocycles. The summed E-state index contributed by atoms with van der Waals surface area (Å²) in [4.78, 5) is 39.8. The molecule has 1 amide bonds. The molecule has 0 aromatic heterocycles. The van der Waals surface area contributed by atoms with Gasteiger partial charge in [0.05, 0.1) is 31.0 Å². The number of para-hydroxylation sites is 2. The molecular weight excluding hydrogens is 408 g/mol. The molecule has 7 nitrogen and oxygen atoms in total. The van der Waals surface area contributed by atoms with Crippen molar-refractivity contribution in [3.05, 3.63) is 94.9 Å². The van der Waals surface area contributed by atoms with Crippen molar-refractivity contribution in [2.24, 2.45) is 0 Å². The topological polar surface area (TPSA) is 84.9 Å². The lowest BCUT2D eigenvalue weighted by molar-refractivity contribution is -0.139. The number of hydrogen-bond acceptors (Lipinski definition) is 6. The molecule has 0 atom stereocenters. The number of amides is 1. The molecule has 0 bridgehead atoms. The van der Waals surface area contributed by atoms with Crippen LogP contribution in [-0.4, -0.2) is 32.1 Å². The fourth-order valence-corrected chi connectivity index (χ4v) is 3.42. The minimum Gasteiger partial charge on any atom is -0.465 e. The van der Waals surface area contributed by atoms with Crippen molar-refractivity contribution in [2.75, 3.05) is 24.4 Å². The van der Waals surface area contributed by atoms with Crippen LogP contribution in [0.4, 0.5) is 11.4 Å². The first-order valence-electron chi connectivity index (χ1n) is 9.90. The lowest BCUT2D eigenvalue weighted by Crippen LogP contribution is -2.28. The van der Waals surface area contributed by atoms with Crippen LogP contribution < -0.4 is 10.2 Å². The zero-order valence-electron chi connectivity index (χ0n) is 18.3. The van der Waals surface area contributed by atoms with Gasteiger partial charge in [-0.3, -0.25) is 4.79 Å². The van der Waals surface area contributed by atoms with Crippen LogP contribution in [0.3, 0.4) is 0 Å². The molecule has 0 spiro atoms. The zero-order chi connectivity index (χ0) is 23.3. The number of methoxy groups -OCH3 is 2. The van der Waals surface area contributed by atoms with Gasteiger partial charge < -0.3 is 19.7 Å². The average molecular weight is 432 g/mol. The molecule has 32 heavy (non-hydrogen) atoms. The Labute approximate surface area is 186 Å². The Morgan fingerprint density at radius 2 is 1.50 bits per heavy atom. The van der Waals surface area contributed by atoms with E-state index in [0.29, 0.717) is 11.3 Å². The zero-order valence-corrected chi connectivity index (χ0v) is 18.3. The first-order valence-corrected chi connectivity index (χ1v) is 9.90. The first kappa shape index (κ1) is 22.6. The number of rotatable bonds is 5. The van der Waals surface area contributed by atoms with E-state index in [2.05, 4.69) is 5.32 Å². The number of aryl methyl sites for hydroxylation is 2. The number of ether oxygens (including phenoxy) is 2. The number of allylic oxidation sites excluding steroid dienone is 2. The summed E-state index contributed by atoms with van der Waals surface area (Å²) in [6, 6.07) is 12.6. The fourth-order valence-electron chi connectivity index (χ4n) is 3.42. The van der Waals surface area contributed by atoms with E-state index in [0.717, 1.165) is 16.8 Å². The molecule has 2 aromatic rings. The molecule has 0 aliphatic carbocycles. The van der Waals surface area contributed by atoms with E-state index >= 15 is 0 Å². The van der Waals surface area contributed by atoms with Gasteiger partial charge in [0.1, 0.15) is 5.70 Å². The number of nitrogens with one attached hydrogen (secondary N) is 1. The van der Waals surface area contributed by atoms with Gasteiger partial charge in [0.25, 0.3) is 5.91 Å². The van der Waals surface area contributed by atoms with E-state index in [9.17, 15) is 14.4 Å². The van der Waals surface area contributed by atoms with Crippen LogP contribution in [0.1, 0.15) is 21.5 Å². The second-order valence-electron chi connectivity index (χ2n) is 7.05. The Kier molecular flexibility index (Phi) is 6.90. The highest BCUT2D eigenvalue weighted by atomic mass is 16.5. The third-order valence-electron chi connectivity index (χ3n) is 5.02.